The van der Waals surface area contributed by atoms with E-state index in [1.54, 1.807) is 6.92 Å². The van der Waals surface area contributed by atoms with Crippen LogP contribution in [0, 0.1) is 6.92 Å². The Kier molecular flexibility index (Phi) is 5.86. The number of aromatic nitrogens is 2. The molecule has 1 fully saturated rings. The summed E-state index contributed by atoms with van der Waals surface area (Å²) in [5.74, 6) is 1.25. The van der Waals surface area contributed by atoms with Crippen LogP contribution in [0.15, 0.2) is 10.7 Å². The molecule has 1 amide bonds. The molecule has 3 heterocycles. The number of anilines is 1. The van der Waals surface area contributed by atoms with Crippen molar-refractivity contribution in [2.75, 3.05) is 37.7 Å². The molecule has 7 nitrogen and oxygen atoms in total. The van der Waals surface area contributed by atoms with Crippen LogP contribution >= 0.6 is 0 Å². The Morgan fingerprint density at radius 1 is 1.32 bits per heavy atom. The highest BCUT2D eigenvalue weighted by Crippen LogP contribution is 2.32. The molecule has 0 bridgehead atoms. The van der Waals surface area contributed by atoms with E-state index in [0.29, 0.717) is 36.8 Å². The number of hydrogen-bond acceptors (Lipinski definition) is 6. The first-order chi connectivity index (χ1) is 12.2. The number of furan rings is 1. The van der Waals surface area contributed by atoms with Gasteiger partial charge in [0.15, 0.2) is 0 Å². The van der Waals surface area contributed by atoms with E-state index < -0.39 is 0 Å². The molecule has 2 aromatic rings. The molecule has 1 aliphatic rings. The van der Waals surface area contributed by atoms with Gasteiger partial charge in [-0.1, -0.05) is 0 Å². The maximum atomic E-state index is 12.7. The normalized spacial score (nSPS) is 14.9. The summed E-state index contributed by atoms with van der Waals surface area (Å²) in [6.45, 7) is 7.56. The highest BCUT2D eigenvalue weighted by Gasteiger charge is 2.25. The van der Waals surface area contributed by atoms with Gasteiger partial charge in [-0.25, -0.2) is 9.97 Å². The number of amides is 1. The van der Waals surface area contributed by atoms with E-state index in [-0.39, 0.29) is 5.91 Å². The molecule has 1 saturated heterocycles. The average molecular weight is 346 g/mol. The molecule has 0 radical (unpaired) electrons. The van der Waals surface area contributed by atoms with E-state index in [2.05, 4.69) is 20.2 Å². The first-order valence-electron chi connectivity index (χ1n) is 9.07. The van der Waals surface area contributed by atoms with Crippen LogP contribution in [-0.4, -0.2) is 48.7 Å². The van der Waals surface area contributed by atoms with Gasteiger partial charge < -0.3 is 19.4 Å². The average Bonchev–Trinajstić information content (AvgIpc) is 2.98. The Bertz CT molecular complexity index is 722. The summed E-state index contributed by atoms with van der Waals surface area (Å²) in [6, 6.07) is 0. The largest absolute Gasteiger partial charge is 0.442 e. The maximum Gasteiger partial charge on any atom is 0.255 e. The fourth-order valence-corrected chi connectivity index (χ4v) is 3.26. The van der Waals surface area contributed by atoms with Crippen molar-refractivity contribution < 1.29 is 13.9 Å². The number of carbonyl (C=O) groups is 1. The van der Waals surface area contributed by atoms with Crippen molar-refractivity contribution in [2.24, 2.45) is 0 Å². The summed E-state index contributed by atoms with van der Waals surface area (Å²) in [5, 5.41) is 3.68. The number of rotatable bonds is 7. The van der Waals surface area contributed by atoms with Crippen LogP contribution < -0.4 is 10.2 Å². The second kappa shape index (κ2) is 8.29. The van der Waals surface area contributed by atoms with E-state index in [1.807, 2.05) is 6.92 Å². The third-order valence-electron chi connectivity index (χ3n) is 4.48. The molecule has 0 aromatic carbocycles. The lowest BCUT2D eigenvalue weighted by molar-refractivity contribution is 0.0944. The van der Waals surface area contributed by atoms with Gasteiger partial charge in [-0.15, -0.1) is 0 Å². The van der Waals surface area contributed by atoms with Gasteiger partial charge in [0.25, 0.3) is 5.91 Å². The summed E-state index contributed by atoms with van der Waals surface area (Å²) in [4.78, 5) is 23.6. The van der Waals surface area contributed by atoms with E-state index in [4.69, 9.17) is 9.15 Å². The fraction of sp³-hybridized carbons (Fsp3) is 0.611. The number of ether oxygens (including phenoxy) is 1. The highest BCUT2D eigenvalue weighted by molar-refractivity contribution is 6.10. The van der Waals surface area contributed by atoms with Crippen LogP contribution in [-0.2, 0) is 4.74 Å². The fourth-order valence-electron chi connectivity index (χ4n) is 3.26. The Balaban J connectivity index is 1.84. The van der Waals surface area contributed by atoms with Crippen LogP contribution in [0.3, 0.4) is 0 Å². The van der Waals surface area contributed by atoms with Gasteiger partial charge >= 0.3 is 0 Å². The van der Waals surface area contributed by atoms with Crippen LogP contribution in [0.4, 0.5) is 5.82 Å². The number of nitrogens with one attached hydrogen (secondary N) is 1. The summed E-state index contributed by atoms with van der Waals surface area (Å²) in [6.07, 6.45) is 5.81. The van der Waals surface area contributed by atoms with Gasteiger partial charge in [-0.2, -0.15) is 0 Å². The Morgan fingerprint density at radius 2 is 2.12 bits per heavy atom. The second-order valence-electron chi connectivity index (χ2n) is 6.26. The Labute approximate surface area is 147 Å². The lowest BCUT2D eigenvalue weighted by atomic mass is 10.1. The third-order valence-corrected chi connectivity index (χ3v) is 4.48. The van der Waals surface area contributed by atoms with Gasteiger partial charge in [-0.3, -0.25) is 4.79 Å². The molecule has 0 atom stereocenters. The molecule has 136 valence electrons. The van der Waals surface area contributed by atoms with Crippen molar-refractivity contribution in [1.82, 2.24) is 15.3 Å². The van der Waals surface area contributed by atoms with Crippen molar-refractivity contribution in [1.29, 1.82) is 0 Å². The van der Waals surface area contributed by atoms with Crippen molar-refractivity contribution in [3.63, 3.8) is 0 Å². The van der Waals surface area contributed by atoms with Gasteiger partial charge in [0.05, 0.1) is 10.9 Å². The van der Waals surface area contributed by atoms with Gasteiger partial charge in [-0.05, 0) is 39.5 Å². The minimum absolute atomic E-state index is 0.138. The van der Waals surface area contributed by atoms with Crippen LogP contribution in [0.25, 0.3) is 11.1 Å². The summed E-state index contributed by atoms with van der Waals surface area (Å²) < 4.78 is 11.0. The number of nitrogens with zero attached hydrogens (tertiary/aromatic N) is 3. The Morgan fingerprint density at radius 3 is 2.88 bits per heavy atom. The first kappa shape index (κ1) is 17.7. The molecule has 1 aliphatic heterocycles. The summed E-state index contributed by atoms with van der Waals surface area (Å²) in [7, 11) is 0. The first-order valence-corrected chi connectivity index (χ1v) is 9.07. The van der Waals surface area contributed by atoms with E-state index in [1.165, 1.54) is 12.7 Å². The Hall–Kier alpha value is -2.15. The van der Waals surface area contributed by atoms with E-state index >= 15 is 0 Å². The van der Waals surface area contributed by atoms with Crippen LogP contribution in [0.5, 0.6) is 0 Å². The molecule has 0 spiro atoms. The zero-order valence-corrected chi connectivity index (χ0v) is 15.0. The van der Waals surface area contributed by atoms with Gasteiger partial charge in [0.1, 0.15) is 17.9 Å². The van der Waals surface area contributed by atoms with Crippen molar-refractivity contribution in [2.45, 2.75) is 39.5 Å². The zero-order valence-electron chi connectivity index (χ0n) is 15.0. The number of piperidine rings is 1. The summed E-state index contributed by atoms with van der Waals surface area (Å²) >= 11 is 0. The highest BCUT2D eigenvalue weighted by atomic mass is 16.5. The quantitative estimate of drug-likeness (QED) is 0.777. The molecular formula is C18H26N4O3. The van der Waals surface area contributed by atoms with Crippen molar-refractivity contribution in [3.8, 4) is 0 Å². The predicted octanol–water partition coefficient (Wildman–Crippen LogP) is 2.68. The lowest BCUT2D eigenvalue weighted by Crippen LogP contribution is -2.31. The van der Waals surface area contributed by atoms with Crippen molar-refractivity contribution in [3.05, 3.63) is 17.7 Å². The minimum atomic E-state index is -0.138. The number of aryl methyl sites for hydroxylation is 1. The smallest absolute Gasteiger partial charge is 0.255 e. The van der Waals surface area contributed by atoms with Crippen LogP contribution in [0.2, 0.25) is 0 Å². The molecule has 0 saturated carbocycles. The predicted molar refractivity (Wildman–Crippen MR) is 96.0 cm³/mol. The van der Waals surface area contributed by atoms with E-state index in [9.17, 15) is 4.79 Å². The third kappa shape index (κ3) is 3.92. The van der Waals surface area contributed by atoms with E-state index in [0.717, 1.165) is 43.6 Å². The lowest BCUT2D eigenvalue weighted by Gasteiger charge is -2.28. The number of fused-ring (bicyclic) bond motifs is 1. The maximum absolute atomic E-state index is 12.7. The standard InChI is InChI=1S/C18H26N4O3/c1-3-24-11-7-8-19-17(23)14-13(2)25-18-15(14)16(20-12-21-18)22-9-5-4-6-10-22/h12H,3-11H2,1-2H3,(H,19,23). The monoisotopic (exact) mass is 346 g/mol. The molecule has 2 aromatic heterocycles. The van der Waals surface area contributed by atoms with Crippen LogP contribution in [0.1, 0.15) is 48.7 Å². The molecule has 7 heteroatoms. The molecule has 25 heavy (non-hydrogen) atoms. The molecule has 0 unspecified atom stereocenters. The number of hydrogen-bond donors (Lipinski definition) is 1. The topological polar surface area (TPSA) is 80.5 Å². The zero-order chi connectivity index (χ0) is 17.6. The molecule has 0 aliphatic carbocycles. The SMILES string of the molecule is CCOCCCNC(=O)c1c(C)oc2ncnc(N3CCCCC3)c12. The van der Waals surface area contributed by atoms with Gasteiger partial charge in [0.2, 0.25) is 5.71 Å². The molecule has 3 rings (SSSR count). The second-order valence-corrected chi connectivity index (χ2v) is 6.26. The van der Waals surface area contributed by atoms with Crippen molar-refractivity contribution >= 4 is 22.8 Å². The minimum Gasteiger partial charge on any atom is -0.442 e. The summed E-state index contributed by atoms with van der Waals surface area (Å²) in [5.41, 5.74) is 1.03. The molecule has 1 N–H and O–H groups in total. The van der Waals surface area contributed by atoms with Gasteiger partial charge in [0, 0.05) is 32.8 Å². The number of carbonyl (C=O) groups excluding carboxylic acids is 1. The molecular weight excluding hydrogens is 320 g/mol.